The van der Waals surface area contributed by atoms with E-state index >= 15 is 0 Å². The Labute approximate surface area is 105 Å². The fourth-order valence-electron chi connectivity index (χ4n) is 1.20. The van der Waals surface area contributed by atoms with Crippen LogP contribution in [0.25, 0.3) is 0 Å². The highest BCUT2D eigenvalue weighted by atomic mass is 16.5. The Kier molecular flexibility index (Phi) is 8.79. The average molecular weight is 233 g/mol. The summed E-state index contributed by atoms with van der Waals surface area (Å²) in [4.78, 5) is 0. The summed E-state index contributed by atoms with van der Waals surface area (Å²) in [6.45, 7) is 6.09. The Morgan fingerprint density at radius 2 is 1.71 bits per heavy atom. The van der Waals surface area contributed by atoms with E-state index in [1.54, 1.807) is 0 Å². The first-order valence-corrected chi connectivity index (χ1v) is 5.83. The van der Waals surface area contributed by atoms with Gasteiger partial charge in [-0.1, -0.05) is 35.9 Å². The largest absolute Gasteiger partial charge is 0.487 e. The molecule has 0 fully saturated rings. The van der Waals surface area contributed by atoms with Gasteiger partial charge in [-0.05, 0) is 46.0 Å². The number of hydrogen-bond acceptors (Lipinski definition) is 2. The van der Waals surface area contributed by atoms with Crippen LogP contribution in [0.5, 0.6) is 5.75 Å². The standard InChI is InChI=1S/C14H18O.CH5N/c1-4-5-6-7-13(3)15-14-10-8-12(2)9-11-14;1-2/h4-11,13H,1-3H3;2H2,1H3/b5-4-,7-6-;. The number of rotatable bonds is 4. The van der Waals surface area contributed by atoms with E-state index in [1.807, 2.05) is 50.3 Å². The first-order valence-electron chi connectivity index (χ1n) is 5.83. The molecule has 0 saturated heterocycles. The van der Waals surface area contributed by atoms with Crippen molar-refractivity contribution in [2.75, 3.05) is 7.05 Å². The van der Waals surface area contributed by atoms with Crippen molar-refractivity contribution in [3.63, 3.8) is 0 Å². The van der Waals surface area contributed by atoms with Crippen LogP contribution >= 0.6 is 0 Å². The molecule has 1 unspecified atom stereocenters. The lowest BCUT2D eigenvalue weighted by molar-refractivity contribution is 0.270. The summed E-state index contributed by atoms with van der Waals surface area (Å²) >= 11 is 0. The van der Waals surface area contributed by atoms with Gasteiger partial charge in [0.25, 0.3) is 0 Å². The van der Waals surface area contributed by atoms with Gasteiger partial charge >= 0.3 is 0 Å². The molecular weight excluding hydrogens is 210 g/mol. The number of hydrogen-bond donors (Lipinski definition) is 1. The maximum atomic E-state index is 5.70. The van der Waals surface area contributed by atoms with Gasteiger partial charge in [0, 0.05) is 0 Å². The molecule has 0 heterocycles. The molecule has 0 aliphatic carbocycles. The smallest absolute Gasteiger partial charge is 0.120 e. The minimum atomic E-state index is 0.101. The molecule has 2 nitrogen and oxygen atoms in total. The van der Waals surface area contributed by atoms with Crippen molar-refractivity contribution in [1.29, 1.82) is 0 Å². The van der Waals surface area contributed by atoms with Crippen molar-refractivity contribution in [1.82, 2.24) is 0 Å². The number of ether oxygens (including phenoxy) is 1. The predicted octanol–water partition coefficient (Wildman–Crippen LogP) is 3.47. The molecule has 2 N–H and O–H groups in total. The normalized spacial score (nSPS) is 12.3. The quantitative estimate of drug-likeness (QED) is 0.808. The van der Waals surface area contributed by atoms with Gasteiger partial charge in [-0.2, -0.15) is 0 Å². The van der Waals surface area contributed by atoms with E-state index in [0.717, 1.165) is 5.75 Å². The molecule has 0 spiro atoms. The second kappa shape index (κ2) is 9.67. The Morgan fingerprint density at radius 1 is 1.12 bits per heavy atom. The molecule has 17 heavy (non-hydrogen) atoms. The molecule has 0 bridgehead atoms. The molecule has 1 aromatic carbocycles. The Balaban J connectivity index is 0.00000121. The highest BCUT2D eigenvalue weighted by Gasteiger charge is 1.97. The summed E-state index contributed by atoms with van der Waals surface area (Å²) in [7, 11) is 1.50. The van der Waals surface area contributed by atoms with Crippen LogP contribution in [-0.2, 0) is 0 Å². The molecule has 0 aromatic heterocycles. The van der Waals surface area contributed by atoms with Crippen LogP contribution in [0.2, 0.25) is 0 Å². The maximum Gasteiger partial charge on any atom is 0.120 e. The summed E-state index contributed by atoms with van der Waals surface area (Å²) in [5.41, 5.74) is 5.75. The molecule has 2 heteroatoms. The van der Waals surface area contributed by atoms with Crippen LogP contribution in [0.1, 0.15) is 19.4 Å². The Hall–Kier alpha value is -1.54. The van der Waals surface area contributed by atoms with E-state index in [2.05, 4.69) is 24.8 Å². The minimum absolute atomic E-state index is 0.101. The Morgan fingerprint density at radius 3 is 2.24 bits per heavy atom. The van der Waals surface area contributed by atoms with Gasteiger partial charge in [0.05, 0.1) is 0 Å². The zero-order valence-corrected chi connectivity index (χ0v) is 11.2. The highest BCUT2D eigenvalue weighted by Crippen LogP contribution is 2.13. The van der Waals surface area contributed by atoms with E-state index in [0.29, 0.717) is 0 Å². The summed E-state index contributed by atoms with van der Waals surface area (Å²) in [6, 6.07) is 8.10. The van der Waals surface area contributed by atoms with Crippen molar-refractivity contribution in [2.24, 2.45) is 5.73 Å². The van der Waals surface area contributed by atoms with E-state index in [4.69, 9.17) is 4.74 Å². The van der Waals surface area contributed by atoms with Crippen LogP contribution in [0.4, 0.5) is 0 Å². The van der Waals surface area contributed by atoms with Crippen molar-refractivity contribution in [2.45, 2.75) is 26.9 Å². The van der Waals surface area contributed by atoms with Gasteiger partial charge < -0.3 is 10.5 Å². The molecular formula is C15H23NO. The summed E-state index contributed by atoms with van der Waals surface area (Å²) in [5, 5.41) is 0. The molecule has 1 rings (SSSR count). The number of nitrogens with two attached hydrogens (primary N) is 1. The van der Waals surface area contributed by atoms with E-state index in [1.165, 1.54) is 12.6 Å². The minimum Gasteiger partial charge on any atom is -0.487 e. The monoisotopic (exact) mass is 233 g/mol. The average Bonchev–Trinajstić information content (AvgIpc) is 2.35. The molecule has 0 aliphatic rings. The molecule has 0 saturated carbocycles. The molecule has 0 amide bonds. The molecule has 0 aliphatic heterocycles. The molecule has 1 atom stereocenters. The van der Waals surface area contributed by atoms with Crippen LogP contribution in [-0.4, -0.2) is 13.2 Å². The van der Waals surface area contributed by atoms with E-state index in [9.17, 15) is 0 Å². The zero-order chi connectivity index (χ0) is 13.1. The predicted molar refractivity (Wildman–Crippen MR) is 75.3 cm³/mol. The van der Waals surface area contributed by atoms with Crippen LogP contribution < -0.4 is 10.5 Å². The molecule has 0 radical (unpaired) electrons. The molecule has 94 valence electrons. The van der Waals surface area contributed by atoms with Gasteiger partial charge in [-0.15, -0.1) is 0 Å². The van der Waals surface area contributed by atoms with Gasteiger partial charge in [0.2, 0.25) is 0 Å². The van der Waals surface area contributed by atoms with Gasteiger partial charge in [0.1, 0.15) is 11.9 Å². The third-order valence-electron chi connectivity index (χ3n) is 2.03. The lowest BCUT2D eigenvalue weighted by Gasteiger charge is -2.10. The maximum absolute atomic E-state index is 5.70. The first kappa shape index (κ1) is 15.5. The van der Waals surface area contributed by atoms with E-state index < -0.39 is 0 Å². The van der Waals surface area contributed by atoms with Crippen molar-refractivity contribution >= 4 is 0 Å². The second-order valence-corrected chi connectivity index (χ2v) is 3.55. The second-order valence-electron chi connectivity index (χ2n) is 3.55. The lowest BCUT2D eigenvalue weighted by atomic mass is 10.2. The summed E-state index contributed by atoms with van der Waals surface area (Å²) < 4.78 is 5.70. The number of aryl methyl sites for hydroxylation is 1. The van der Waals surface area contributed by atoms with Crippen molar-refractivity contribution in [3.05, 3.63) is 54.1 Å². The lowest BCUT2D eigenvalue weighted by Crippen LogP contribution is -2.07. The Bertz CT molecular complexity index is 338. The highest BCUT2D eigenvalue weighted by molar-refractivity contribution is 5.26. The topological polar surface area (TPSA) is 35.2 Å². The van der Waals surface area contributed by atoms with Gasteiger partial charge in [-0.25, -0.2) is 0 Å². The number of allylic oxidation sites excluding steroid dienone is 3. The molecule has 1 aromatic rings. The fraction of sp³-hybridized carbons (Fsp3) is 0.333. The van der Waals surface area contributed by atoms with Gasteiger partial charge in [0.15, 0.2) is 0 Å². The van der Waals surface area contributed by atoms with Crippen LogP contribution in [0.15, 0.2) is 48.6 Å². The summed E-state index contributed by atoms with van der Waals surface area (Å²) in [6.07, 6.45) is 8.12. The van der Waals surface area contributed by atoms with Crippen molar-refractivity contribution in [3.8, 4) is 5.75 Å². The third kappa shape index (κ3) is 7.36. The zero-order valence-electron chi connectivity index (χ0n) is 11.2. The fourth-order valence-corrected chi connectivity index (χ4v) is 1.20. The first-order chi connectivity index (χ1) is 8.22. The third-order valence-corrected chi connectivity index (χ3v) is 2.03. The number of benzene rings is 1. The van der Waals surface area contributed by atoms with E-state index in [-0.39, 0.29) is 6.10 Å². The SMILES string of the molecule is C/C=C\C=C/C(C)Oc1ccc(C)cc1.CN. The van der Waals surface area contributed by atoms with Crippen LogP contribution in [0, 0.1) is 6.92 Å². The van der Waals surface area contributed by atoms with Crippen molar-refractivity contribution < 1.29 is 4.74 Å². The van der Waals surface area contributed by atoms with Crippen LogP contribution in [0.3, 0.4) is 0 Å². The van der Waals surface area contributed by atoms with Gasteiger partial charge in [-0.3, -0.25) is 0 Å². The summed E-state index contributed by atoms with van der Waals surface area (Å²) in [5.74, 6) is 0.915.